The number of likely N-dealkylation sites (tertiary alicyclic amines) is 1. The fraction of sp³-hybridized carbons (Fsp3) is 0.308. The Hall–Kier alpha value is -3.94. The maximum atomic E-state index is 12.6. The number of fused-ring (bicyclic) bond motifs is 1. The lowest BCUT2D eigenvalue weighted by molar-refractivity contribution is 0.0773. The summed E-state index contributed by atoms with van der Waals surface area (Å²) in [5.74, 6) is 1.60. The average molecular weight is 457 g/mol. The van der Waals surface area contributed by atoms with E-state index in [0.717, 1.165) is 41.8 Å². The Morgan fingerprint density at radius 3 is 2.82 bits per heavy atom. The lowest BCUT2D eigenvalue weighted by Gasteiger charge is -2.35. The number of hydrogen-bond donors (Lipinski definition) is 1. The molecule has 0 saturated carbocycles. The number of carbonyl (C=O) groups excluding carboxylic acids is 1. The van der Waals surface area contributed by atoms with E-state index in [2.05, 4.69) is 22.2 Å². The monoisotopic (exact) mass is 456 g/mol. The van der Waals surface area contributed by atoms with Crippen molar-refractivity contribution in [2.45, 2.75) is 32.4 Å². The zero-order valence-corrected chi connectivity index (χ0v) is 19.2. The van der Waals surface area contributed by atoms with Gasteiger partial charge < -0.3 is 15.0 Å². The van der Waals surface area contributed by atoms with E-state index in [1.807, 2.05) is 70.1 Å². The molecule has 0 bridgehead atoms. The van der Waals surface area contributed by atoms with E-state index in [4.69, 9.17) is 9.72 Å². The van der Waals surface area contributed by atoms with Gasteiger partial charge in [0.05, 0.1) is 11.0 Å². The van der Waals surface area contributed by atoms with Gasteiger partial charge in [0.25, 0.3) is 0 Å². The number of anilines is 1. The predicted octanol–water partition coefficient (Wildman–Crippen LogP) is 4.66. The lowest BCUT2D eigenvalue weighted by atomic mass is 9.92. The molecule has 5 rings (SSSR count). The minimum absolute atomic E-state index is 0.0968. The Morgan fingerprint density at radius 2 is 1.94 bits per heavy atom. The number of piperidine rings is 1. The van der Waals surface area contributed by atoms with E-state index in [0.29, 0.717) is 12.5 Å². The normalized spacial score (nSPS) is 16.9. The standard InChI is InChI=1S/C26H28N6O2/c1-19(21-10-7-15-31(16-21)26(33)34-17-20-8-3-2-4-9-20)29-25-27-14-13-24(30-25)32-18-28-22-11-5-6-12-23(22)32/h2-6,8-9,11-14,18-19,21H,7,10,15-17H2,1H3,(H,27,29,30). The van der Waals surface area contributed by atoms with Crippen LogP contribution in [0.5, 0.6) is 0 Å². The third-order valence-corrected chi connectivity index (χ3v) is 6.33. The van der Waals surface area contributed by atoms with Crippen molar-refractivity contribution in [1.29, 1.82) is 0 Å². The highest BCUT2D eigenvalue weighted by Crippen LogP contribution is 2.23. The summed E-state index contributed by atoms with van der Waals surface area (Å²) in [7, 11) is 0. The van der Waals surface area contributed by atoms with E-state index in [1.54, 1.807) is 12.5 Å². The summed E-state index contributed by atoms with van der Waals surface area (Å²) < 4.78 is 7.50. The molecular formula is C26H28N6O2. The molecule has 1 aliphatic heterocycles. The van der Waals surface area contributed by atoms with Gasteiger partial charge in [-0.15, -0.1) is 0 Å². The molecule has 2 unspecified atom stereocenters. The molecule has 2 aromatic carbocycles. The van der Waals surface area contributed by atoms with Crippen molar-refractivity contribution < 1.29 is 9.53 Å². The van der Waals surface area contributed by atoms with Crippen LogP contribution in [-0.4, -0.2) is 49.6 Å². The number of amides is 1. The van der Waals surface area contributed by atoms with Crippen LogP contribution >= 0.6 is 0 Å². The van der Waals surface area contributed by atoms with Gasteiger partial charge in [-0.1, -0.05) is 42.5 Å². The molecule has 0 aliphatic carbocycles. The largest absolute Gasteiger partial charge is 0.445 e. The van der Waals surface area contributed by atoms with Crippen LogP contribution in [0.2, 0.25) is 0 Å². The van der Waals surface area contributed by atoms with E-state index < -0.39 is 0 Å². The van der Waals surface area contributed by atoms with Gasteiger partial charge >= 0.3 is 6.09 Å². The zero-order chi connectivity index (χ0) is 23.3. The van der Waals surface area contributed by atoms with Crippen LogP contribution < -0.4 is 5.32 Å². The lowest BCUT2D eigenvalue weighted by Crippen LogP contribution is -2.45. The average Bonchev–Trinajstić information content (AvgIpc) is 3.32. The Balaban J connectivity index is 1.21. The van der Waals surface area contributed by atoms with Crippen LogP contribution in [0.1, 0.15) is 25.3 Å². The molecule has 1 saturated heterocycles. The minimum atomic E-state index is -0.258. The van der Waals surface area contributed by atoms with Crippen molar-refractivity contribution in [3.05, 3.63) is 78.8 Å². The topological polar surface area (TPSA) is 85.2 Å². The number of hydrogen-bond acceptors (Lipinski definition) is 6. The fourth-order valence-electron chi connectivity index (χ4n) is 4.41. The van der Waals surface area contributed by atoms with Gasteiger partial charge in [-0.2, -0.15) is 4.98 Å². The predicted molar refractivity (Wildman–Crippen MR) is 131 cm³/mol. The number of rotatable bonds is 6. The van der Waals surface area contributed by atoms with Crippen molar-refractivity contribution in [3.63, 3.8) is 0 Å². The maximum absolute atomic E-state index is 12.6. The number of nitrogens with zero attached hydrogens (tertiary/aromatic N) is 5. The number of benzene rings is 2. The number of carbonyl (C=O) groups is 1. The van der Waals surface area contributed by atoms with Gasteiger partial charge in [0.1, 0.15) is 18.8 Å². The first-order valence-electron chi connectivity index (χ1n) is 11.6. The molecule has 174 valence electrons. The summed E-state index contributed by atoms with van der Waals surface area (Å²) in [4.78, 5) is 28.0. The molecule has 4 aromatic rings. The highest BCUT2D eigenvalue weighted by molar-refractivity contribution is 5.76. The van der Waals surface area contributed by atoms with Gasteiger partial charge in [-0.05, 0) is 49.4 Å². The number of ether oxygens (including phenoxy) is 1. The molecule has 3 heterocycles. The molecule has 0 radical (unpaired) electrons. The Morgan fingerprint density at radius 1 is 1.12 bits per heavy atom. The van der Waals surface area contributed by atoms with Gasteiger partial charge in [0.15, 0.2) is 0 Å². The van der Waals surface area contributed by atoms with Crippen LogP contribution in [-0.2, 0) is 11.3 Å². The number of nitrogens with one attached hydrogen (secondary N) is 1. The fourth-order valence-corrected chi connectivity index (χ4v) is 4.41. The molecule has 1 N–H and O–H groups in total. The third kappa shape index (κ3) is 4.85. The first-order chi connectivity index (χ1) is 16.7. The molecule has 8 heteroatoms. The summed E-state index contributed by atoms with van der Waals surface area (Å²) in [5.41, 5.74) is 2.91. The van der Waals surface area contributed by atoms with Crippen molar-refractivity contribution >= 4 is 23.1 Å². The molecule has 8 nitrogen and oxygen atoms in total. The molecule has 1 fully saturated rings. The Bertz CT molecular complexity index is 1260. The van der Waals surface area contributed by atoms with Gasteiger partial charge in [0, 0.05) is 25.3 Å². The highest BCUT2D eigenvalue weighted by Gasteiger charge is 2.28. The SMILES string of the molecule is CC(Nc1nccc(-n2cnc3ccccc32)n1)C1CCCN(C(=O)OCc2ccccc2)C1. The molecule has 1 amide bonds. The van der Waals surface area contributed by atoms with Crippen LogP contribution in [0.4, 0.5) is 10.7 Å². The third-order valence-electron chi connectivity index (χ3n) is 6.33. The van der Waals surface area contributed by atoms with Crippen LogP contribution in [0.15, 0.2) is 73.2 Å². The van der Waals surface area contributed by atoms with Crippen LogP contribution in [0, 0.1) is 5.92 Å². The summed E-state index contributed by atoms with van der Waals surface area (Å²) >= 11 is 0. The van der Waals surface area contributed by atoms with Crippen molar-refractivity contribution in [2.75, 3.05) is 18.4 Å². The molecule has 2 atom stereocenters. The summed E-state index contributed by atoms with van der Waals surface area (Å²) in [6, 6.07) is 19.7. The minimum Gasteiger partial charge on any atom is -0.445 e. The molecule has 1 aliphatic rings. The van der Waals surface area contributed by atoms with Gasteiger partial charge in [-0.3, -0.25) is 4.57 Å². The van der Waals surface area contributed by atoms with E-state index in [1.165, 1.54) is 0 Å². The number of para-hydroxylation sites is 2. The van der Waals surface area contributed by atoms with E-state index in [9.17, 15) is 4.79 Å². The van der Waals surface area contributed by atoms with Crippen LogP contribution in [0.3, 0.4) is 0 Å². The van der Waals surface area contributed by atoms with E-state index >= 15 is 0 Å². The highest BCUT2D eigenvalue weighted by atomic mass is 16.6. The van der Waals surface area contributed by atoms with Crippen molar-refractivity contribution in [1.82, 2.24) is 24.4 Å². The van der Waals surface area contributed by atoms with Gasteiger partial charge in [-0.25, -0.2) is 14.8 Å². The second-order valence-electron chi connectivity index (χ2n) is 8.66. The smallest absolute Gasteiger partial charge is 0.410 e. The first-order valence-corrected chi connectivity index (χ1v) is 11.6. The second kappa shape index (κ2) is 9.91. The molecule has 34 heavy (non-hydrogen) atoms. The molecular weight excluding hydrogens is 428 g/mol. The van der Waals surface area contributed by atoms with Crippen molar-refractivity contribution in [3.8, 4) is 5.82 Å². The summed E-state index contributed by atoms with van der Waals surface area (Å²) in [6.07, 6.45) is 5.24. The summed E-state index contributed by atoms with van der Waals surface area (Å²) in [5, 5.41) is 3.44. The van der Waals surface area contributed by atoms with E-state index in [-0.39, 0.29) is 24.7 Å². The Kier molecular flexibility index (Phi) is 6.38. The Labute approximate surface area is 198 Å². The van der Waals surface area contributed by atoms with Crippen LogP contribution in [0.25, 0.3) is 16.9 Å². The number of imidazole rings is 1. The first kappa shape index (κ1) is 21.9. The quantitative estimate of drug-likeness (QED) is 0.454. The summed E-state index contributed by atoms with van der Waals surface area (Å²) in [6.45, 7) is 3.77. The second-order valence-corrected chi connectivity index (χ2v) is 8.66. The molecule has 0 spiro atoms. The maximum Gasteiger partial charge on any atom is 0.410 e. The van der Waals surface area contributed by atoms with Gasteiger partial charge in [0.2, 0.25) is 5.95 Å². The molecule has 2 aromatic heterocycles. The van der Waals surface area contributed by atoms with Crippen molar-refractivity contribution in [2.24, 2.45) is 5.92 Å². The zero-order valence-electron chi connectivity index (χ0n) is 19.2. The number of aromatic nitrogens is 4.